The first-order valence-corrected chi connectivity index (χ1v) is 5.78. The second-order valence-electron chi connectivity index (χ2n) is 2.94. The van der Waals surface area contributed by atoms with Crippen LogP contribution in [0.4, 0.5) is 0 Å². The third-order valence-electron chi connectivity index (χ3n) is 1.94. The average molecular weight is 324 g/mol. The maximum absolute atomic E-state index is 3.02. The molecule has 1 aromatic rings. The van der Waals surface area contributed by atoms with Crippen molar-refractivity contribution in [2.75, 3.05) is 0 Å². The van der Waals surface area contributed by atoms with Crippen molar-refractivity contribution in [2.24, 2.45) is 0 Å². The Labute approximate surface area is 138 Å². The molecule has 0 radical (unpaired) electrons. The molecule has 0 aliphatic carbocycles. The quantitative estimate of drug-likeness (QED) is 0.332. The molecular formula is C12H8Li2Se2. The van der Waals surface area contributed by atoms with Crippen LogP contribution in [0.25, 0.3) is 0 Å². The maximum atomic E-state index is 3.02. The first-order valence-electron chi connectivity index (χ1n) is 4.06. The van der Waals surface area contributed by atoms with E-state index in [1.807, 2.05) is 13.8 Å². The molecule has 0 unspecified atom stereocenters. The molecule has 0 amide bonds. The van der Waals surface area contributed by atoms with Gasteiger partial charge in [-0.15, -0.1) is 0 Å². The summed E-state index contributed by atoms with van der Waals surface area (Å²) in [5.74, 6) is 6.05. The summed E-state index contributed by atoms with van der Waals surface area (Å²) in [7, 11) is 0. The van der Waals surface area contributed by atoms with Crippen LogP contribution in [0.2, 0.25) is 0 Å². The second-order valence-corrected chi connectivity index (χ2v) is 3.79. The van der Waals surface area contributed by atoms with Crippen molar-refractivity contribution in [1.82, 2.24) is 0 Å². The first-order chi connectivity index (χ1) is 6.69. The minimum absolute atomic E-state index is 0. The smallest absolute Gasteiger partial charge is 1.00 e. The molecular weight excluding hydrogens is 316 g/mol. The molecule has 0 aliphatic rings. The third kappa shape index (κ3) is 5.27. The van der Waals surface area contributed by atoms with Crippen molar-refractivity contribution in [3.8, 4) is 21.5 Å². The number of rotatable bonds is 0. The fourth-order valence-electron chi connectivity index (χ4n) is 1.20. The summed E-state index contributed by atoms with van der Waals surface area (Å²) in [6, 6.07) is 4.14. The molecule has 0 heterocycles. The first kappa shape index (κ1) is 18.9. The van der Waals surface area contributed by atoms with E-state index in [2.05, 4.69) is 65.6 Å². The Hall–Kier alpha value is 0.574. The van der Waals surface area contributed by atoms with Gasteiger partial charge in [-0.05, 0) is 0 Å². The molecule has 70 valence electrons. The van der Waals surface area contributed by atoms with E-state index in [1.165, 1.54) is 0 Å². The Kier molecular flexibility index (Phi) is 11.3. The molecule has 0 saturated carbocycles. The molecule has 0 saturated heterocycles. The molecule has 0 fully saturated rings. The van der Waals surface area contributed by atoms with Crippen LogP contribution in [-0.4, -0.2) is 32.0 Å². The van der Waals surface area contributed by atoms with E-state index < -0.39 is 0 Å². The minimum Gasteiger partial charge on any atom is 1.00 e. The van der Waals surface area contributed by atoms with Gasteiger partial charge in [-0.2, -0.15) is 0 Å². The van der Waals surface area contributed by atoms with E-state index in [9.17, 15) is 0 Å². The monoisotopic (exact) mass is 326 g/mol. The molecule has 16 heavy (non-hydrogen) atoms. The second kappa shape index (κ2) is 9.59. The molecule has 0 atom stereocenters. The summed E-state index contributed by atoms with van der Waals surface area (Å²) >= 11 is 5.37. The zero-order valence-electron chi connectivity index (χ0n) is 9.97. The SMILES string of the molecule is Cc1cc(C#C[Se-])c(C)cc1C#C[Se-].[Li+].[Li+]. The van der Waals surface area contributed by atoms with Crippen LogP contribution in [0.1, 0.15) is 22.3 Å². The van der Waals surface area contributed by atoms with Gasteiger partial charge in [0, 0.05) is 0 Å². The summed E-state index contributed by atoms with van der Waals surface area (Å²) in [5, 5.41) is 0. The predicted molar refractivity (Wildman–Crippen MR) is 61.2 cm³/mol. The van der Waals surface area contributed by atoms with E-state index in [4.69, 9.17) is 0 Å². The van der Waals surface area contributed by atoms with Crippen LogP contribution >= 0.6 is 0 Å². The molecule has 1 aromatic carbocycles. The molecule has 0 spiro atoms. The van der Waals surface area contributed by atoms with Gasteiger partial charge in [-0.25, -0.2) is 0 Å². The van der Waals surface area contributed by atoms with Crippen molar-refractivity contribution in [3.05, 3.63) is 34.4 Å². The molecule has 1 rings (SSSR count). The van der Waals surface area contributed by atoms with E-state index in [0.717, 1.165) is 22.3 Å². The molecule has 4 heteroatoms. The average Bonchev–Trinajstić information content (AvgIpc) is 2.14. The van der Waals surface area contributed by atoms with Gasteiger partial charge in [-0.3, -0.25) is 0 Å². The van der Waals surface area contributed by atoms with E-state index in [0.29, 0.717) is 0 Å². The van der Waals surface area contributed by atoms with Gasteiger partial charge in [0.2, 0.25) is 0 Å². The summed E-state index contributed by atoms with van der Waals surface area (Å²) in [6.07, 6.45) is 0. The van der Waals surface area contributed by atoms with Crippen molar-refractivity contribution in [1.29, 1.82) is 0 Å². The van der Waals surface area contributed by atoms with E-state index >= 15 is 0 Å². The van der Waals surface area contributed by atoms with Gasteiger partial charge < -0.3 is 0 Å². The zero-order chi connectivity index (χ0) is 10.6. The topological polar surface area (TPSA) is 0 Å². The van der Waals surface area contributed by atoms with Crippen molar-refractivity contribution in [2.45, 2.75) is 13.8 Å². The minimum atomic E-state index is 0. The van der Waals surface area contributed by atoms with Gasteiger partial charge in [0.1, 0.15) is 0 Å². The summed E-state index contributed by atoms with van der Waals surface area (Å²) in [6.45, 7) is 4.09. The molecule has 0 bridgehead atoms. The Morgan fingerprint density at radius 2 is 1.12 bits per heavy atom. The molecule has 0 aromatic heterocycles. The number of benzene rings is 1. The van der Waals surface area contributed by atoms with E-state index in [1.54, 1.807) is 0 Å². The van der Waals surface area contributed by atoms with Crippen LogP contribution in [0.15, 0.2) is 12.1 Å². The normalized spacial score (nSPS) is 7.12. The van der Waals surface area contributed by atoms with E-state index in [-0.39, 0.29) is 37.7 Å². The predicted octanol–water partition coefficient (Wildman–Crippen LogP) is -4.73. The van der Waals surface area contributed by atoms with Gasteiger partial charge in [0.05, 0.1) is 0 Å². The Morgan fingerprint density at radius 3 is 1.38 bits per heavy atom. The molecule has 0 N–H and O–H groups in total. The van der Waals surface area contributed by atoms with Gasteiger partial charge in [-0.1, -0.05) is 0 Å². The van der Waals surface area contributed by atoms with Crippen LogP contribution < -0.4 is 37.7 Å². The van der Waals surface area contributed by atoms with Crippen molar-refractivity contribution >= 4 is 32.0 Å². The van der Waals surface area contributed by atoms with Crippen LogP contribution in [0.5, 0.6) is 0 Å². The fourth-order valence-corrected chi connectivity index (χ4v) is 1.66. The van der Waals surface area contributed by atoms with Crippen LogP contribution in [0, 0.1) is 35.3 Å². The Balaban J connectivity index is 0. The summed E-state index contributed by atoms with van der Waals surface area (Å²) in [5.41, 5.74) is 4.45. The number of aryl methyl sites for hydroxylation is 2. The molecule has 0 aliphatic heterocycles. The van der Waals surface area contributed by atoms with Crippen LogP contribution in [0.3, 0.4) is 0 Å². The van der Waals surface area contributed by atoms with Crippen molar-refractivity contribution < 1.29 is 37.7 Å². The van der Waals surface area contributed by atoms with Gasteiger partial charge >= 0.3 is 139 Å². The standard InChI is InChI=1S/C12H10Se2.2Li/c1-9-7-12(4-6-14)10(2)8-11(9)3-5-13;;/h7-8,13-14H,1-2H3;;/q;2*+1/p-2. The Morgan fingerprint density at radius 1 is 0.812 bits per heavy atom. The van der Waals surface area contributed by atoms with Crippen molar-refractivity contribution in [3.63, 3.8) is 0 Å². The van der Waals surface area contributed by atoms with Gasteiger partial charge in [0.25, 0.3) is 0 Å². The summed E-state index contributed by atoms with van der Waals surface area (Å²) in [4.78, 5) is 5.57. The zero-order valence-corrected chi connectivity index (χ0v) is 13.4. The third-order valence-corrected chi connectivity index (χ3v) is 2.37. The number of hydrogen-bond donors (Lipinski definition) is 0. The molecule has 0 nitrogen and oxygen atoms in total. The van der Waals surface area contributed by atoms with Crippen LogP contribution in [-0.2, 0) is 0 Å². The Bertz CT molecular complexity index is 428. The largest absolute Gasteiger partial charge is 1.00 e. The maximum Gasteiger partial charge on any atom is 1.00 e. The fraction of sp³-hybridized carbons (Fsp3) is 0.167. The number of hydrogen-bond acceptors (Lipinski definition) is 0. The summed E-state index contributed by atoms with van der Waals surface area (Å²) < 4.78 is 0. The van der Waals surface area contributed by atoms with Gasteiger partial charge in [0.15, 0.2) is 0 Å².